The number of benzene rings is 2. The number of likely N-dealkylation sites (N-methyl/N-ethyl adjacent to an activating group) is 2. The van der Waals surface area contributed by atoms with E-state index in [4.69, 9.17) is 18.9 Å². The summed E-state index contributed by atoms with van der Waals surface area (Å²) in [5.41, 5.74) is 0.887. The summed E-state index contributed by atoms with van der Waals surface area (Å²) in [6, 6.07) is 11.6. The highest BCUT2D eigenvalue weighted by atomic mass is 16.5. The van der Waals surface area contributed by atoms with Gasteiger partial charge < -0.3 is 28.7 Å². The first kappa shape index (κ1) is 36.7. The number of carbonyl (C=O) groups is 2. The van der Waals surface area contributed by atoms with Crippen LogP contribution in [0.2, 0.25) is 0 Å². The molecule has 0 spiro atoms. The predicted molar refractivity (Wildman–Crippen MR) is 185 cm³/mol. The van der Waals surface area contributed by atoms with Crippen molar-refractivity contribution >= 4 is 11.6 Å². The van der Waals surface area contributed by atoms with Gasteiger partial charge in [0.2, 0.25) is 0 Å². The monoisotopic (exact) mass is 652 g/mol. The van der Waals surface area contributed by atoms with Crippen molar-refractivity contribution in [2.45, 2.75) is 39.5 Å². The van der Waals surface area contributed by atoms with Gasteiger partial charge in [-0.1, -0.05) is 12.1 Å². The van der Waals surface area contributed by atoms with Crippen molar-refractivity contribution < 1.29 is 28.5 Å². The standard InChI is InChI=1S/C37H56N4O6/c1-37(2,35(42)13-9-29-7-11-31(33(27-29)44-5)46-25-23-40-19-15-38(3)16-20-40)36(43)14-10-30-8-12-32(34(28-30)45-6)47-26-24-41-21-17-39(4)18-22-41/h7-8,11-12,27-28H,9-10,13-26H2,1-6H3. The van der Waals surface area contributed by atoms with Crippen LogP contribution in [0.15, 0.2) is 36.4 Å². The first-order valence-corrected chi connectivity index (χ1v) is 17.1. The number of carbonyl (C=O) groups excluding carboxylic acids is 2. The van der Waals surface area contributed by atoms with E-state index in [9.17, 15) is 9.59 Å². The number of rotatable bonds is 18. The van der Waals surface area contributed by atoms with Crippen LogP contribution < -0.4 is 18.9 Å². The number of aryl methyl sites for hydroxylation is 2. The molecular weight excluding hydrogens is 596 g/mol. The molecule has 0 N–H and O–H groups in total. The van der Waals surface area contributed by atoms with E-state index in [2.05, 4.69) is 33.7 Å². The van der Waals surface area contributed by atoms with E-state index in [-0.39, 0.29) is 24.4 Å². The lowest BCUT2D eigenvalue weighted by atomic mass is 9.79. The van der Waals surface area contributed by atoms with E-state index < -0.39 is 5.41 Å². The van der Waals surface area contributed by atoms with Crippen LogP contribution in [0.1, 0.15) is 37.8 Å². The average Bonchev–Trinajstić information content (AvgIpc) is 3.08. The predicted octanol–water partition coefficient (Wildman–Crippen LogP) is 3.69. The summed E-state index contributed by atoms with van der Waals surface area (Å²) in [7, 11) is 7.56. The van der Waals surface area contributed by atoms with Gasteiger partial charge in [0.15, 0.2) is 23.0 Å². The lowest BCUT2D eigenvalue weighted by Gasteiger charge is -2.32. The zero-order valence-corrected chi connectivity index (χ0v) is 29.5. The van der Waals surface area contributed by atoms with E-state index in [0.717, 1.165) is 76.6 Å². The third-order valence-corrected chi connectivity index (χ3v) is 9.65. The molecule has 0 bridgehead atoms. The summed E-state index contributed by atoms with van der Waals surface area (Å²) >= 11 is 0. The maximum absolute atomic E-state index is 13.3. The second-order valence-electron chi connectivity index (χ2n) is 13.4. The molecule has 0 unspecified atom stereocenters. The van der Waals surface area contributed by atoms with E-state index in [0.29, 0.717) is 49.1 Å². The Hall–Kier alpha value is -3.18. The van der Waals surface area contributed by atoms with Gasteiger partial charge in [0, 0.05) is 78.3 Å². The van der Waals surface area contributed by atoms with Crippen molar-refractivity contribution in [3.8, 4) is 23.0 Å². The molecule has 2 aliphatic rings. The van der Waals surface area contributed by atoms with Crippen molar-refractivity contribution in [3.05, 3.63) is 47.5 Å². The largest absolute Gasteiger partial charge is 0.493 e. The van der Waals surface area contributed by atoms with Gasteiger partial charge in [-0.05, 0) is 76.2 Å². The van der Waals surface area contributed by atoms with Crippen LogP contribution in [0.4, 0.5) is 0 Å². The molecule has 2 saturated heterocycles. The van der Waals surface area contributed by atoms with Crippen LogP contribution in [-0.4, -0.2) is 138 Å². The van der Waals surface area contributed by atoms with Crippen molar-refractivity contribution in [1.82, 2.24) is 19.6 Å². The number of hydrogen-bond donors (Lipinski definition) is 0. The highest BCUT2D eigenvalue weighted by Crippen LogP contribution is 2.31. The average molecular weight is 653 g/mol. The van der Waals surface area contributed by atoms with Gasteiger partial charge in [-0.15, -0.1) is 0 Å². The van der Waals surface area contributed by atoms with Crippen molar-refractivity contribution in [3.63, 3.8) is 0 Å². The molecule has 2 fully saturated rings. The molecule has 0 aromatic heterocycles. The van der Waals surface area contributed by atoms with Crippen molar-refractivity contribution in [2.75, 3.05) is 107 Å². The Balaban J connectivity index is 1.21. The highest BCUT2D eigenvalue weighted by molar-refractivity contribution is 6.06. The number of piperazine rings is 2. The lowest BCUT2D eigenvalue weighted by Crippen LogP contribution is -2.45. The second-order valence-corrected chi connectivity index (χ2v) is 13.4. The summed E-state index contributed by atoms with van der Waals surface area (Å²) < 4.78 is 23.3. The fourth-order valence-electron chi connectivity index (χ4n) is 5.98. The Bertz CT molecular complexity index is 1200. The molecule has 10 nitrogen and oxygen atoms in total. The number of methoxy groups -OCH3 is 2. The maximum Gasteiger partial charge on any atom is 0.161 e. The van der Waals surface area contributed by atoms with Crippen LogP contribution in [0.25, 0.3) is 0 Å². The Morgan fingerprint density at radius 2 is 1.00 bits per heavy atom. The summed E-state index contributed by atoms with van der Waals surface area (Å²) in [5.74, 6) is 2.60. The molecule has 2 aromatic rings. The maximum atomic E-state index is 13.3. The lowest BCUT2D eigenvalue weighted by molar-refractivity contribution is -0.138. The fraction of sp³-hybridized carbons (Fsp3) is 0.622. The normalized spacial score (nSPS) is 17.0. The summed E-state index contributed by atoms with van der Waals surface area (Å²) in [4.78, 5) is 36.0. The molecule has 0 atom stereocenters. The minimum absolute atomic E-state index is 0.0596. The highest BCUT2D eigenvalue weighted by Gasteiger charge is 2.34. The van der Waals surface area contributed by atoms with Gasteiger partial charge in [0.05, 0.1) is 19.6 Å². The van der Waals surface area contributed by atoms with E-state index in [1.54, 1.807) is 28.1 Å². The third-order valence-electron chi connectivity index (χ3n) is 9.65. The SMILES string of the molecule is COc1cc(CCC(=O)C(C)(C)C(=O)CCc2ccc(OCCN3CCN(C)CC3)c(OC)c2)ccc1OCCN1CCN(C)CC1. The van der Waals surface area contributed by atoms with Crippen LogP contribution in [0.3, 0.4) is 0 Å². The molecule has 10 heteroatoms. The second kappa shape index (κ2) is 17.8. The number of ether oxygens (including phenoxy) is 4. The molecule has 2 aromatic carbocycles. The number of ketones is 2. The first-order chi connectivity index (χ1) is 22.6. The van der Waals surface area contributed by atoms with Crippen LogP contribution in [0.5, 0.6) is 23.0 Å². The van der Waals surface area contributed by atoms with Gasteiger partial charge in [0.1, 0.15) is 24.8 Å². The summed E-state index contributed by atoms with van der Waals surface area (Å²) in [5, 5.41) is 0. The summed E-state index contributed by atoms with van der Waals surface area (Å²) in [6.45, 7) is 15.0. The van der Waals surface area contributed by atoms with E-state index in [1.807, 2.05) is 36.4 Å². The Morgan fingerprint density at radius 1 is 0.617 bits per heavy atom. The smallest absolute Gasteiger partial charge is 0.161 e. The molecule has 260 valence electrons. The zero-order chi connectivity index (χ0) is 33.8. The topological polar surface area (TPSA) is 84.0 Å². The number of Topliss-reactive ketones (excluding diaryl/α,β-unsaturated/α-hetero) is 2. The minimum Gasteiger partial charge on any atom is -0.493 e. The molecule has 47 heavy (non-hydrogen) atoms. The molecule has 0 aliphatic carbocycles. The number of nitrogens with zero attached hydrogens (tertiary/aromatic N) is 4. The van der Waals surface area contributed by atoms with Gasteiger partial charge in [-0.25, -0.2) is 0 Å². The van der Waals surface area contributed by atoms with Crippen molar-refractivity contribution in [2.24, 2.45) is 5.41 Å². The van der Waals surface area contributed by atoms with Gasteiger partial charge >= 0.3 is 0 Å². The van der Waals surface area contributed by atoms with Crippen LogP contribution in [0, 0.1) is 5.41 Å². The van der Waals surface area contributed by atoms with Gasteiger partial charge in [-0.3, -0.25) is 19.4 Å². The van der Waals surface area contributed by atoms with E-state index >= 15 is 0 Å². The molecule has 0 radical (unpaired) electrons. The Labute approximate surface area is 281 Å². The molecule has 0 saturated carbocycles. The van der Waals surface area contributed by atoms with E-state index in [1.165, 1.54) is 0 Å². The molecule has 2 heterocycles. The van der Waals surface area contributed by atoms with Gasteiger partial charge in [-0.2, -0.15) is 0 Å². The number of hydrogen-bond acceptors (Lipinski definition) is 10. The molecule has 2 aliphatic heterocycles. The van der Waals surface area contributed by atoms with Gasteiger partial charge in [0.25, 0.3) is 0 Å². The quantitative estimate of drug-likeness (QED) is 0.223. The van der Waals surface area contributed by atoms with Crippen LogP contribution >= 0.6 is 0 Å². The van der Waals surface area contributed by atoms with Crippen molar-refractivity contribution in [1.29, 1.82) is 0 Å². The molecule has 4 rings (SSSR count). The Kier molecular flexibility index (Phi) is 13.9. The summed E-state index contributed by atoms with van der Waals surface area (Å²) in [6.07, 6.45) is 1.61. The zero-order valence-electron chi connectivity index (χ0n) is 29.5. The van der Waals surface area contributed by atoms with Crippen LogP contribution in [-0.2, 0) is 22.4 Å². The molecule has 0 amide bonds. The minimum atomic E-state index is -1.06. The Morgan fingerprint density at radius 3 is 1.36 bits per heavy atom. The fourth-order valence-corrected chi connectivity index (χ4v) is 5.98. The molecular formula is C37H56N4O6. The first-order valence-electron chi connectivity index (χ1n) is 17.1. The third kappa shape index (κ3) is 10.9.